The molecule has 0 bridgehead atoms. The van der Waals surface area contributed by atoms with Gasteiger partial charge in [-0.2, -0.15) is 4.99 Å². The molecule has 0 radical (unpaired) electrons. The van der Waals surface area contributed by atoms with E-state index in [4.69, 9.17) is 9.47 Å². The van der Waals surface area contributed by atoms with Crippen molar-refractivity contribution < 1.29 is 14.3 Å². The predicted molar refractivity (Wildman–Crippen MR) is 60.1 cm³/mol. The second-order valence-corrected chi connectivity index (χ2v) is 4.07. The molecule has 2 rings (SSSR count). The fraction of sp³-hybridized carbons (Fsp3) is 0.333. The number of methoxy groups -OCH3 is 1. The van der Waals surface area contributed by atoms with Crippen molar-refractivity contribution in [3.8, 4) is 5.75 Å². The molecule has 1 aliphatic heterocycles. The Morgan fingerprint density at radius 2 is 1.88 bits per heavy atom. The lowest BCUT2D eigenvalue weighted by atomic mass is 9.96. The Balaban J connectivity index is 2.37. The van der Waals surface area contributed by atoms with Gasteiger partial charge in [-0.3, -0.25) is 0 Å². The third-order valence-electron chi connectivity index (χ3n) is 2.48. The highest BCUT2D eigenvalue weighted by Crippen LogP contribution is 2.25. The minimum Gasteiger partial charge on any atom is -0.497 e. The standard InChI is InChI=1S/C12H13NO3/c1-12(2)10(13-11(14)16-12)8-4-6-9(15-3)7-5-8/h4-7H,1-3H3. The van der Waals surface area contributed by atoms with Gasteiger partial charge in [-0.25, -0.2) is 4.79 Å². The molecule has 0 aromatic heterocycles. The molecule has 4 nitrogen and oxygen atoms in total. The Bertz CT molecular complexity index is 446. The summed E-state index contributed by atoms with van der Waals surface area (Å²) in [6, 6.07) is 7.39. The van der Waals surface area contributed by atoms with E-state index in [1.165, 1.54) is 0 Å². The van der Waals surface area contributed by atoms with Crippen LogP contribution >= 0.6 is 0 Å². The van der Waals surface area contributed by atoms with Gasteiger partial charge in [0.05, 0.1) is 12.8 Å². The third kappa shape index (κ3) is 1.78. The van der Waals surface area contributed by atoms with Crippen molar-refractivity contribution in [3.63, 3.8) is 0 Å². The van der Waals surface area contributed by atoms with Gasteiger partial charge in [0.2, 0.25) is 0 Å². The van der Waals surface area contributed by atoms with Crippen LogP contribution in [0.1, 0.15) is 19.4 Å². The normalized spacial score (nSPS) is 17.9. The fourth-order valence-corrected chi connectivity index (χ4v) is 1.68. The number of nitrogens with zero attached hydrogens (tertiary/aromatic N) is 1. The molecule has 0 saturated heterocycles. The first-order valence-electron chi connectivity index (χ1n) is 4.99. The second-order valence-electron chi connectivity index (χ2n) is 4.07. The molecule has 84 valence electrons. The summed E-state index contributed by atoms with van der Waals surface area (Å²) in [7, 11) is 1.61. The van der Waals surface area contributed by atoms with Gasteiger partial charge in [0.25, 0.3) is 0 Å². The van der Waals surface area contributed by atoms with Crippen molar-refractivity contribution in [1.29, 1.82) is 0 Å². The van der Waals surface area contributed by atoms with Gasteiger partial charge in [0, 0.05) is 5.56 Å². The van der Waals surface area contributed by atoms with Gasteiger partial charge in [-0.1, -0.05) is 0 Å². The molecule has 0 atom stereocenters. The van der Waals surface area contributed by atoms with Crippen LogP contribution < -0.4 is 4.74 Å². The van der Waals surface area contributed by atoms with Crippen molar-refractivity contribution in [2.75, 3.05) is 7.11 Å². The maximum Gasteiger partial charge on any atom is 0.434 e. The predicted octanol–water partition coefficient (Wildman–Crippen LogP) is 2.41. The molecule has 1 aromatic rings. The van der Waals surface area contributed by atoms with Gasteiger partial charge in [0.15, 0.2) is 5.60 Å². The van der Waals surface area contributed by atoms with Crippen LogP contribution in [0.25, 0.3) is 0 Å². The number of aliphatic imine (C=N–C) groups is 1. The third-order valence-corrected chi connectivity index (χ3v) is 2.48. The molecule has 16 heavy (non-hydrogen) atoms. The van der Waals surface area contributed by atoms with Gasteiger partial charge < -0.3 is 9.47 Å². The molecular weight excluding hydrogens is 206 g/mol. The van der Waals surface area contributed by atoms with E-state index in [1.54, 1.807) is 7.11 Å². The largest absolute Gasteiger partial charge is 0.497 e. The van der Waals surface area contributed by atoms with Crippen molar-refractivity contribution in [1.82, 2.24) is 0 Å². The van der Waals surface area contributed by atoms with Crippen LogP contribution in [0.3, 0.4) is 0 Å². The Morgan fingerprint density at radius 3 is 2.31 bits per heavy atom. The van der Waals surface area contributed by atoms with Crippen LogP contribution in [0, 0.1) is 0 Å². The smallest absolute Gasteiger partial charge is 0.434 e. The van der Waals surface area contributed by atoms with E-state index in [1.807, 2.05) is 38.1 Å². The summed E-state index contributed by atoms with van der Waals surface area (Å²) in [6.07, 6.45) is -0.532. The summed E-state index contributed by atoms with van der Waals surface area (Å²) in [4.78, 5) is 15.0. The van der Waals surface area contributed by atoms with Crippen molar-refractivity contribution in [3.05, 3.63) is 29.8 Å². The maximum atomic E-state index is 11.1. The summed E-state index contributed by atoms with van der Waals surface area (Å²) in [5.74, 6) is 0.771. The Kier molecular flexibility index (Phi) is 2.42. The lowest BCUT2D eigenvalue weighted by Crippen LogP contribution is -2.31. The van der Waals surface area contributed by atoms with Crippen LogP contribution in [0.5, 0.6) is 5.75 Å². The van der Waals surface area contributed by atoms with E-state index < -0.39 is 11.7 Å². The quantitative estimate of drug-likeness (QED) is 0.767. The molecule has 0 N–H and O–H groups in total. The molecule has 0 saturated carbocycles. The number of carbonyl (C=O) groups excluding carboxylic acids is 1. The Hall–Kier alpha value is -1.84. The molecule has 1 heterocycles. The molecule has 0 fully saturated rings. The molecular formula is C12H13NO3. The monoisotopic (exact) mass is 219 g/mol. The zero-order valence-corrected chi connectivity index (χ0v) is 9.48. The first-order valence-corrected chi connectivity index (χ1v) is 4.99. The zero-order chi connectivity index (χ0) is 11.8. The van der Waals surface area contributed by atoms with E-state index in [-0.39, 0.29) is 0 Å². The van der Waals surface area contributed by atoms with Gasteiger partial charge in [-0.15, -0.1) is 0 Å². The first kappa shape index (κ1) is 10.7. The molecule has 0 unspecified atom stereocenters. The van der Waals surface area contributed by atoms with Gasteiger partial charge in [0.1, 0.15) is 5.75 Å². The molecule has 0 aliphatic carbocycles. The summed E-state index contributed by atoms with van der Waals surface area (Å²) in [6.45, 7) is 3.64. The van der Waals surface area contributed by atoms with Gasteiger partial charge in [-0.05, 0) is 38.1 Å². The summed E-state index contributed by atoms with van der Waals surface area (Å²) < 4.78 is 10.2. The number of hydrogen-bond acceptors (Lipinski definition) is 3. The Morgan fingerprint density at radius 1 is 1.25 bits per heavy atom. The van der Waals surface area contributed by atoms with E-state index in [2.05, 4.69) is 4.99 Å². The van der Waals surface area contributed by atoms with Crippen LogP contribution in [-0.4, -0.2) is 24.5 Å². The molecule has 1 amide bonds. The molecule has 1 aliphatic rings. The number of hydrogen-bond donors (Lipinski definition) is 0. The minimum absolute atomic E-state index is 0.532. The van der Waals surface area contributed by atoms with E-state index in [9.17, 15) is 4.79 Å². The summed E-state index contributed by atoms with van der Waals surface area (Å²) in [5.41, 5.74) is 0.864. The summed E-state index contributed by atoms with van der Waals surface area (Å²) in [5, 5.41) is 0. The van der Waals surface area contributed by atoms with Crippen LogP contribution in [-0.2, 0) is 4.74 Å². The highest BCUT2D eigenvalue weighted by Gasteiger charge is 2.36. The molecule has 0 spiro atoms. The van der Waals surface area contributed by atoms with Crippen molar-refractivity contribution >= 4 is 11.8 Å². The first-order chi connectivity index (χ1) is 7.53. The average Bonchev–Trinajstić information content (AvgIpc) is 2.52. The van der Waals surface area contributed by atoms with Crippen molar-refractivity contribution in [2.24, 2.45) is 4.99 Å². The number of cyclic esters (lactones) is 1. The van der Waals surface area contributed by atoms with Crippen LogP contribution in [0.2, 0.25) is 0 Å². The lowest BCUT2D eigenvalue weighted by molar-refractivity contribution is 0.107. The van der Waals surface area contributed by atoms with E-state index in [0.29, 0.717) is 5.71 Å². The number of benzene rings is 1. The topological polar surface area (TPSA) is 47.9 Å². The van der Waals surface area contributed by atoms with Crippen LogP contribution in [0.4, 0.5) is 4.79 Å². The second kappa shape index (κ2) is 3.63. The average molecular weight is 219 g/mol. The van der Waals surface area contributed by atoms with Crippen molar-refractivity contribution in [2.45, 2.75) is 19.4 Å². The zero-order valence-electron chi connectivity index (χ0n) is 9.48. The number of amides is 1. The highest BCUT2D eigenvalue weighted by molar-refractivity contribution is 6.13. The number of rotatable bonds is 2. The summed E-state index contributed by atoms with van der Waals surface area (Å²) >= 11 is 0. The number of ether oxygens (including phenoxy) is 2. The van der Waals surface area contributed by atoms with E-state index in [0.717, 1.165) is 11.3 Å². The van der Waals surface area contributed by atoms with E-state index >= 15 is 0 Å². The van der Waals surface area contributed by atoms with Crippen LogP contribution in [0.15, 0.2) is 29.3 Å². The fourth-order valence-electron chi connectivity index (χ4n) is 1.68. The molecule has 1 aromatic carbocycles. The SMILES string of the molecule is COc1ccc(C2=NC(=O)OC2(C)C)cc1. The minimum atomic E-state index is -0.661. The van der Waals surface area contributed by atoms with Gasteiger partial charge >= 0.3 is 6.09 Å². The highest BCUT2D eigenvalue weighted by atomic mass is 16.6. The number of carbonyl (C=O) groups is 1. The maximum absolute atomic E-state index is 11.1. The Labute approximate surface area is 93.9 Å². The molecule has 4 heteroatoms. The lowest BCUT2D eigenvalue weighted by Gasteiger charge is -2.18.